The molecule has 0 saturated carbocycles. The molecular weight excluding hydrogens is 142 g/mol. The molecule has 1 rings (SSSR count). The lowest BCUT2D eigenvalue weighted by Gasteiger charge is -2.06. The van der Waals surface area contributed by atoms with Crippen molar-refractivity contribution in [3.8, 4) is 0 Å². The summed E-state index contributed by atoms with van der Waals surface area (Å²) in [7, 11) is 0. The van der Waals surface area contributed by atoms with E-state index in [-0.39, 0.29) is 0 Å². The van der Waals surface area contributed by atoms with Gasteiger partial charge in [-0.1, -0.05) is 12.1 Å². The molecule has 1 N–H and O–H groups in total. The quantitative estimate of drug-likeness (QED) is 0.720. The number of nitrogens with zero attached hydrogens (tertiary/aromatic N) is 2. The van der Waals surface area contributed by atoms with E-state index in [2.05, 4.69) is 29.3 Å². The number of rotatable bonds is 3. The lowest BCUT2D eigenvalue weighted by molar-refractivity contribution is 0.421. The number of hydrogen-bond acceptors (Lipinski definition) is 4. The maximum absolute atomic E-state index is 4.86. The molecule has 0 amide bonds. The number of anilines is 1. The summed E-state index contributed by atoms with van der Waals surface area (Å²) >= 11 is 0. The topological polar surface area (TPSA) is 51.0 Å². The van der Waals surface area contributed by atoms with Gasteiger partial charge in [-0.2, -0.15) is 4.98 Å². The van der Waals surface area contributed by atoms with Crippen LogP contribution < -0.4 is 5.32 Å². The van der Waals surface area contributed by atoms with Crippen LogP contribution in [-0.2, 0) is 0 Å². The van der Waals surface area contributed by atoms with Crippen LogP contribution in [-0.4, -0.2) is 16.2 Å². The van der Waals surface area contributed by atoms with Crippen molar-refractivity contribution in [2.75, 3.05) is 5.32 Å². The first kappa shape index (κ1) is 8.04. The predicted molar refractivity (Wildman–Crippen MR) is 42.4 cm³/mol. The Morgan fingerprint density at radius 2 is 2.36 bits per heavy atom. The molecule has 1 aromatic heterocycles. The number of aryl methyl sites for hydroxylation is 1. The standard InChI is InChI=1S/C7H13N3O/c1-4-5(2)8-7-9-6(3)10-11-7/h5H,4H2,1-3H3,(H,8,9,10). The predicted octanol–water partition coefficient (Wildman–Crippen LogP) is 1.59. The average Bonchev–Trinajstić information content (AvgIpc) is 2.35. The third-order valence-electron chi connectivity index (χ3n) is 1.51. The maximum Gasteiger partial charge on any atom is 0.321 e. The van der Waals surface area contributed by atoms with E-state index < -0.39 is 0 Å². The summed E-state index contributed by atoms with van der Waals surface area (Å²) in [4.78, 5) is 4.01. The minimum absolute atomic E-state index is 0.384. The van der Waals surface area contributed by atoms with Gasteiger partial charge in [0.15, 0.2) is 5.82 Å². The molecule has 62 valence electrons. The Morgan fingerprint density at radius 3 is 2.82 bits per heavy atom. The molecule has 0 radical (unpaired) electrons. The Morgan fingerprint density at radius 1 is 1.64 bits per heavy atom. The highest BCUT2D eigenvalue weighted by Crippen LogP contribution is 2.05. The molecule has 4 nitrogen and oxygen atoms in total. The third kappa shape index (κ3) is 2.22. The molecule has 0 fully saturated rings. The zero-order valence-electron chi connectivity index (χ0n) is 7.09. The molecular formula is C7H13N3O. The highest BCUT2D eigenvalue weighted by atomic mass is 16.5. The van der Waals surface area contributed by atoms with Gasteiger partial charge in [-0.3, -0.25) is 0 Å². The first-order chi connectivity index (χ1) is 5.22. The fourth-order valence-corrected chi connectivity index (χ4v) is 0.669. The van der Waals surface area contributed by atoms with Gasteiger partial charge in [0, 0.05) is 6.04 Å². The maximum atomic E-state index is 4.86. The lowest BCUT2D eigenvalue weighted by Crippen LogP contribution is -2.13. The second kappa shape index (κ2) is 3.37. The summed E-state index contributed by atoms with van der Waals surface area (Å²) in [5, 5.41) is 6.73. The van der Waals surface area contributed by atoms with Crippen molar-refractivity contribution in [3.63, 3.8) is 0 Å². The van der Waals surface area contributed by atoms with Crippen LogP contribution in [0.3, 0.4) is 0 Å². The third-order valence-corrected chi connectivity index (χ3v) is 1.51. The molecule has 0 spiro atoms. The summed E-state index contributed by atoms with van der Waals surface area (Å²) in [5.74, 6) is 0.663. The highest BCUT2D eigenvalue weighted by Gasteiger charge is 2.03. The summed E-state index contributed by atoms with van der Waals surface area (Å²) in [6.45, 7) is 5.96. The van der Waals surface area contributed by atoms with Crippen LogP contribution in [0.1, 0.15) is 26.1 Å². The van der Waals surface area contributed by atoms with Crippen LogP contribution in [0.5, 0.6) is 0 Å². The van der Waals surface area contributed by atoms with E-state index in [1.807, 2.05) is 0 Å². The van der Waals surface area contributed by atoms with Crippen LogP contribution in [0.25, 0.3) is 0 Å². The molecule has 0 aliphatic rings. The molecule has 1 heterocycles. The number of aromatic nitrogens is 2. The Balaban J connectivity index is 2.50. The fraction of sp³-hybridized carbons (Fsp3) is 0.714. The minimum atomic E-state index is 0.384. The molecule has 0 saturated heterocycles. The van der Waals surface area contributed by atoms with Crippen LogP contribution in [0.15, 0.2) is 4.52 Å². The summed E-state index contributed by atoms with van der Waals surface area (Å²) in [6.07, 6.45) is 1.04. The Kier molecular flexibility index (Phi) is 2.46. The van der Waals surface area contributed by atoms with E-state index in [0.717, 1.165) is 6.42 Å². The molecule has 11 heavy (non-hydrogen) atoms. The number of hydrogen-bond donors (Lipinski definition) is 1. The van der Waals surface area contributed by atoms with Gasteiger partial charge >= 0.3 is 6.01 Å². The Hall–Kier alpha value is -1.06. The minimum Gasteiger partial charge on any atom is -0.335 e. The van der Waals surface area contributed by atoms with E-state index in [4.69, 9.17) is 4.52 Å². The normalized spacial score (nSPS) is 13.0. The van der Waals surface area contributed by atoms with Crippen LogP contribution in [0.4, 0.5) is 6.01 Å². The van der Waals surface area contributed by atoms with E-state index >= 15 is 0 Å². The molecule has 0 aromatic carbocycles. The molecule has 0 bridgehead atoms. The molecule has 1 aromatic rings. The SMILES string of the molecule is CCC(C)Nc1nc(C)no1. The summed E-state index contributed by atoms with van der Waals surface area (Å²) in [5.41, 5.74) is 0. The van der Waals surface area contributed by atoms with E-state index in [1.165, 1.54) is 0 Å². The van der Waals surface area contributed by atoms with Crippen molar-refractivity contribution in [2.24, 2.45) is 0 Å². The molecule has 4 heteroatoms. The van der Waals surface area contributed by atoms with Crippen molar-refractivity contribution < 1.29 is 4.52 Å². The van der Waals surface area contributed by atoms with Gasteiger partial charge in [-0.25, -0.2) is 0 Å². The van der Waals surface area contributed by atoms with E-state index in [1.54, 1.807) is 6.92 Å². The lowest BCUT2D eigenvalue weighted by atomic mass is 10.3. The van der Waals surface area contributed by atoms with Crippen LogP contribution in [0, 0.1) is 6.92 Å². The van der Waals surface area contributed by atoms with Gasteiger partial charge < -0.3 is 9.84 Å². The van der Waals surface area contributed by atoms with Gasteiger partial charge in [-0.05, 0) is 20.3 Å². The van der Waals surface area contributed by atoms with Gasteiger partial charge in [0.2, 0.25) is 0 Å². The average molecular weight is 155 g/mol. The second-order valence-corrected chi connectivity index (χ2v) is 2.60. The zero-order chi connectivity index (χ0) is 8.27. The summed E-state index contributed by atoms with van der Waals surface area (Å²) in [6, 6.07) is 0.895. The first-order valence-corrected chi connectivity index (χ1v) is 3.79. The Bertz CT molecular complexity index is 221. The van der Waals surface area contributed by atoms with Crippen LogP contribution >= 0.6 is 0 Å². The van der Waals surface area contributed by atoms with Gasteiger partial charge in [-0.15, -0.1) is 0 Å². The second-order valence-electron chi connectivity index (χ2n) is 2.60. The monoisotopic (exact) mass is 155 g/mol. The van der Waals surface area contributed by atoms with Crippen molar-refractivity contribution in [3.05, 3.63) is 5.82 Å². The van der Waals surface area contributed by atoms with Gasteiger partial charge in [0.1, 0.15) is 0 Å². The molecule has 0 aliphatic carbocycles. The van der Waals surface area contributed by atoms with Crippen molar-refractivity contribution in [1.29, 1.82) is 0 Å². The van der Waals surface area contributed by atoms with Crippen LogP contribution in [0.2, 0.25) is 0 Å². The zero-order valence-corrected chi connectivity index (χ0v) is 7.09. The van der Waals surface area contributed by atoms with Gasteiger partial charge in [0.05, 0.1) is 0 Å². The Labute approximate surface area is 66.0 Å². The van der Waals surface area contributed by atoms with E-state index in [0.29, 0.717) is 17.9 Å². The molecule has 0 aliphatic heterocycles. The number of nitrogens with one attached hydrogen (secondary N) is 1. The molecule has 1 atom stereocenters. The first-order valence-electron chi connectivity index (χ1n) is 3.79. The van der Waals surface area contributed by atoms with Gasteiger partial charge in [0.25, 0.3) is 0 Å². The largest absolute Gasteiger partial charge is 0.335 e. The van der Waals surface area contributed by atoms with Crippen molar-refractivity contribution >= 4 is 6.01 Å². The van der Waals surface area contributed by atoms with Crippen molar-refractivity contribution in [2.45, 2.75) is 33.2 Å². The molecule has 1 unspecified atom stereocenters. The smallest absolute Gasteiger partial charge is 0.321 e. The summed E-state index contributed by atoms with van der Waals surface area (Å²) < 4.78 is 4.86. The highest BCUT2D eigenvalue weighted by molar-refractivity contribution is 5.19. The fourth-order valence-electron chi connectivity index (χ4n) is 0.669. The van der Waals surface area contributed by atoms with E-state index in [9.17, 15) is 0 Å². The van der Waals surface area contributed by atoms with Crippen molar-refractivity contribution in [1.82, 2.24) is 10.1 Å².